The highest BCUT2D eigenvalue weighted by atomic mass is 16.6. The van der Waals surface area contributed by atoms with E-state index >= 15 is 0 Å². The van der Waals surface area contributed by atoms with E-state index in [1.54, 1.807) is 0 Å². The number of carbonyl (C=O) groups is 2. The van der Waals surface area contributed by atoms with E-state index in [0.29, 0.717) is 11.8 Å². The van der Waals surface area contributed by atoms with Crippen LogP contribution in [0.25, 0.3) is 0 Å². The highest BCUT2D eigenvalue weighted by molar-refractivity contribution is 5.97. The average Bonchev–Trinajstić information content (AvgIpc) is 2.62. The molecular weight excluding hydrogens is 240 g/mol. The van der Waals surface area contributed by atoms with Crippen molar-refractivity contribution in [1.82, 2.24) is 0 Å². The van der Waals surface area contributed by atoms with Gasteiger partial charge in [-0.3, -0.25) is 9.59 Å². The van der Waals surface area contributed by atoms with Crippen molar-refractivity contribution in [3.63, 3.8) is 0 Å². The molecule has 1 rings (SSSR count). The summed E-state index contributed by atoms with van der Waals surface area (Å²) in [6, 6.07) is 0. The molecule has 3 heteroatoms. The highest BCUT2D eigenvalue weighted by Gasteiger charge is 2.54. The maximum absolute atomic E-state index is 12.1. The summed E-state index contributed by atoms with van der Waals surface area (Å²) in [5, 5.41) is 0. The van der Waals surface area contributed by atoms with Crippen LogP contribution >= 0.6 is 0 Å². The van der Waals surface area contributed by atoms with Gasteiger partial charge in [-0.2, -0.15) is 0 Å². The van der Waals surface area contributed by atoms with Crippen molar-refractivity contribution in [2.75, 3.05) is 0 Å². The third-order valence-electron chi connectivity index (χ3n) is 5.48. The van der Waals surface area contributed by atoms with Crippen LogP contribution in [0.3, 0.4) is 0 Å². The number of cyclic esters (lactones) is 2. The number of hydrogen-bond donors (Lipinski definition) is 0. The summed E-state index contributed by atoms with van der Waals surface area (Å²) in [6.45, 7) is 14.7. The van der Waals surface area contributed by atoms with Crippen LogP contribution in [-0.2, 0) is 14.3 Å². The van der Waals surface area contributed by atoms with Crippen molar-refractivity contribution in [2.24, 2.45) is 35.0 Å². The lowest BCUT2D eigenvalue weighted by molar-refractivity contribution is -0.155. The zero-order valence-electron chi connectivity index (χ0n) is 13.3. The number of ether oxygens (including phenoxy) is 1. The molecule has 0 radical (unpaired) electrons. The molecule has 0 aromatic heterocycles. The molecule has 0 bridgehead atoms. The molecule has 110 valence electrons. The van der Waals surface area contributed by atoms with E-state index in [1.165, 1.54) is 0 Å². The molecule has 1 heterocycles. The van der Waals surface area contributed by atoms with Crippen molar-refractivity contribution < 1.29 is 14.3 Å². The Balaban J connectivity index is 3.12. The summed E-state index contributed by atoms with van der Waals surface area (Å²) in [4.78, 5) is 24.2. The molecule has 0 N–H and O–H groups in total. The maximum Gasteiger partial charge on any atom is 0.318 e. The fourth-order valence-corrected chi connectivity index (χ4v) is 2.88. The van der Waals surface area contributed by atoms with Crippen LogP contribution in [0, 0.1) is 35.0 Å². The molecule has 0 saturated carbocycles. The summed E-state index contributed by atoms with van der Waals surface area (Å²) in [5.41, 5.74) is -0.227. The SMILES string of the molecule is CCC(C)C(C)C1C(=O)OC(=O)C1C(C)(C)C(C)C. The first-order valence-electron chi connectivity index (χ1n) is 7.40. The molecular formula is C16H28O3. The fourth-order valence-electron chi connectivity index (χ4n) is 2.88. The fraction of sp³-hybridized carbons (Fsp3) is 0.875. The van der Waals surface area contributed by atoms with Crippen molar-refractivity contribution in [1.29, 1.82) is 0 Å². The second-order valence-corrected chi connectivity index (χ2v) is 6.96. The lowest BCUT2D eigenvalue weighted by Gasteiger charge is -2.38. The molecule has 3 nitrogen and oxygen atoms in total. The van der Waals surface area contributed by atoms with Crippen molar-refractivity contribution in [3.05, 3.63) is 0 Å². The van der Waals surface area contributed by atoms with Gasteiger partial charge in [0, 0.05) is 0 Å². The van der Waals surface area contributed by atoms with Gasteiger partial charge in [-0.05, 0) is 23.2 Å². The second-order valence-electron chi connectivity index (χ2n) is 6.96. The molecule has 0 aromatic rings. The van der Waals surface area contributed by atoms with E-state index in [0.717, 1.165) is 6.42 Å². The Morgan fingerprint density at radius 3 is 2.05 bits per heavy atom. The van der Waals surface area contributed by atoms with E-state index < -0.39 is 0 Å². The average molecular weight is 268 g/mol. The van der Waals surface area contributed by atoms with E-state index in [2.05, 4.69) is 48.5 Å². The summed E-state index contributed by atoms with van der Waals surface area (Å²) in [5.74, 6) is -0.354. The first-order chi connectivity index (χ1) is 8.64. The quantitative estimate of drug-likeness (QED) is 0.564. The molecule has 0 amide bonds. The van der Waals surface area contributed by atoms with Crippen LogP contribution in [-0.4, -0.2) is 11.9 Å². The first kappa shape index (κ1) is 16.2. The van der Waals surface area contributed by atoms with Crippen LogP contribution in [0.15, 0.2) is 0 Å². The molecule has 4 atom stereocenters. The van der Waals surface area contributed by atoms with Crippen LogP contribution in [0.1, 0.15) is 54.9 Å². The zero-order valence-corrected chi connectivity index (χ0v) is 13.3. The Morgan fingerprint density at radius 1 is 1.11 bits per heavy atom. The third-order valence-corrected chi connectivity index (χ3v) is 5.48. The monoisotopic (exact) mass is 268 g/mol. The highest BCUT2D eigenvalue weighted by Crippen LogP contribution is 2.47. The molecule has 1 fully saturated rings. The normalized spacial score (nSPS) is 27.6. The summed E-state index contributed by atoms with van der Waals surface area (Å²) < 4.78 is 4.96. The van der Waals surface area contributed by atoms with Gasteiger partial charge in [0.1, 0.15) is 0 Å². The van der Waals surface area contributed by atoms with Gasteiger partial charge in [0.2, 0.25) is 0 Å². The van der Waals surface area contributed by atoms with E-state index in [-0.39, 0.29) is 35.1 Å². The molecule has 4 unspecified atom stereocenters. The van der Waals surface area contributed by atoms with Gasteiger partial charge in [0.15, 0.2) is 0 Å². The minimum atomic E-state index is -0.330. The van der Waals surface area contributed by atoms with Crippen molar-refractivity contribution in [3.8, 4) is 0 Å². The number of rotatable bonds is 5. The third kappa shape index (κ3) is 2.85. The molecule has 19 heavy (non-hydrogen) atoms. The minimum Gasteiger partial charge on any atom is -0.393 e. The molecule has 0 aromatic carbocycles. The Labute approximate surface area is 117 Å². The maximum atomic E-state index is 12.1. The molecule has 0 aliphatic carbocycles. The molecule has 1 aliphatic rings. The van der Waals surface area contributed by atoms with Gasteiger partial charge in [0.25, 0.3) is 0 Å². The predicted molar refractivity (Wildman–Crippen MR) is 75.3 cm³/mol. The molecule has 1 aliphatic heterocycles. The van der Waals surface area contributed by atoms with Crippen molar-refractivity contribution >= 4 is 11.9 Å². The van der Waals surface area contributed by atoms with E-state index in [9.17, 15) is 9.59 Å². The van der Waals surface area contributed by atoms with Gasteiger partial charge in [-0.25, -0.2) is 0 Å². The van der Waals surface area contributed by atoms with Gasteiger partial charge < -0.3 is 4.74 Å². The summed E-state index contributed by atoms with van der Waals surface area (Å²) in [7, 11) is 0. The van der Waals surface area contributed by atoms with E-state index in [4.69, 9.17) is 4.74 Å². The summed E-state index contributed by atoms with van der Waals surface area (Å²) >= 11 is 0. The Hall–Kier alpha value is -0.860. The second kappa shape index (κ2) is 5.64. The van der Waals surface area contributed by atoms with Crippen LogP contribution in [0.4, 0.5) is 0 Å². The molecule has 0 spiro atoms. The minimum absolute atomic E-state index is 0.173. The standard InChI is InChI=1S/C16H28O3/c1-8-10(4)11(5)12-13(15(18)19-14(12)17)16(6,7)9(2)3/h9-13H,8H2,1-7H3. The number of carbonyl (C=O) groups excluding carboxylic acids is 2. The number of esters is 2. The Kier molecular flexibility index (Phi) is 4.81. The lowest BCUT2D eigenvalue weighted by atomic mass is 9.62. The number of hydrogen-bond acceptors (Lipinski definition) is 3. The Morgan fingerprint density at radius 2 is 1.63 bits per heavy atom. The van der Waals surface area contributed by atoms with Crippen LogP contribution < -0.4 is 0 Å². The smallest absolute Gasteiger partial charge is 0.318 e. The topological polar surface area (TPSA) is 43.4 Å². The lowest BCUT2D eigenvalue weighted by Crippen LogP contribution is -2.40. The van der Waals surface area contributed by atoms with Gasteiger partial charge in [-0.15, -0.1) is 0 Å². The zero-order chi connectivity index (χ0) is 15.0. The van der Waals surface area contributed by atoms with Crippen molar-refractivity contribution in [2.45, 2.75) is 54.9 Å². The van der Waals surface area contributed by atoms with Crippen LogP contribution in [0.2, 0.25) is 0 Å². The predicted octanol–water partition coefficient (Wildman–Crippen LogP) is 3.67. The van der Waals surface area contributed by atoms with Gasteiger partial charge in [-0.1, -0.05) is 54.9 Å². The van der Waals surface area contributed by atoms with E-state index in [1.807, 2.05) is 0 Å². The first-order valence-corrected chi connectivity index (χ1v) is 7.40. The van der Waals surface area contributed by atoms with Crippen LogP contribution in [0.5, 0.6) is 0 Å². The van der Waals surface area contributed by atoms with Gasteiger partial charge >= 0.3 is 11.9 Å². The molecule has 1 saturated heterocycles. The Bertz CT molecular complexity index is 357. The summed E-state index contributed by atoms with van der Waals surface area (Å²) in [6.07, 6.45) is 1.01. The van der Waals surface area contributed by atoms with Gasteiger partial charge in [0.05, 0.1) is 11.8 Å². The largest absolute Gasteiger partial charge is 0.393 e.